The fourth-order valence-corrected chi connectivity index (χ4v) is 4.10. The van der Waals surface area contributed by atoms with E-state index in [-0.39, 0.29) is 5.75 Å². The molecule has 0 atom stereocenters. The first-order valence-corrected chi connectivity index (χ1v) is 10.5. The van der Waals surface area contributed by atoms with Gasteiger partial charge in [-0.25, -0.2) is 13.4 Å². The molecule has 1 saturated heterocycles. The predicted octanol–water partition coefficient (Wildman–Crippen LogP) is 3.61. The van der Waals surface area contributed by atoms with Crippen LogP contribution in [0.5, 0.6) is 0 Å². The van der Waals surface area contributed by atoms with Crippen molar-refractivity contribution in [3.8, 4) is 0 Å². The molecule has 134 valence electrons. The Kier molecular flexibility index (Phi) is 5.49. The van der Waals surface area contributed by atoms with Crippen molar-refractivity contribution in [2.45, 2.75) is 30.7 Å². The summed E-state index contributed by atoms with van der Waals surface area (Å²) in [6.07, 6.45) is 3.72. The van der Waals surface area contributed by atoms with E-state index >= 15 is 0 Å². The second kappa shape index (κ2) is 7.62. The van der Waals surface area contributed by atoms with E-state index in [9.17, 15) is 8.42 Å². The first-order valence-electron chi connectivity index (χ1n) is 8.44. The first-order chi connectivity index (χ1) is 12.0. The van der Waals surface area contributed by atoms with E-state index in [2.05, 4.69) is 15.2 Å². The van der Waals surface area contributed by atoms with Gasteiger partial charge in [-0.2, -0.15) is 0 Å². The van der Waals surface area contributed by atoms with Gasteiger partial charge in [0, 0.05) is 36.7 Å². The molecule has 1 aliphatic rings. The maximum absolute atomic E-state index is 11.9. The molecule has 0 unspecified atom stereocenters. The average Bonchev–Trinajstić information content (AvgIpc) is 2.62. The number of hydrogen-bond acceptors (Lipinski definition) is 5. The molecule has 0 radical (unpaired) electrons. The SMILES string of the molecule is CCS(=O)(=O)c1ccc(N2CCC(Nc3ccnc(Cl)c3)CC2)cc1. The van der Waals surface area contributed by atoms with Crippen LogP contribution < -0.4 is 10.2 Å². The maximum Gasteiger partial charge on any atom is 0.178 e. The summed E-state index contributed by atoms with van der Waals surface area (Å²) in [5, 5.41) is 3.99. The highest BCUT2D eigenvalue weighted by molar-refractivity contribution is 7.91. The molecular formula is C18H22ClN3O2S. The number of aromatic nitrogens is 1. The molecule has 0 bridgehead atoms. The van der Waals surface area contributed by atoms with Gasteiger partial charge in [0.25, 0.3) is 0 Å². The number of piperidine rings is 1. The summed E-state index contributed by atoms with van der Waals surface area (Å²) in [6.45, 7) is 3.52. The number of rotatable bonds is 5. The molecule has 0 spiro atoms. The Morgan fingerprint density at radius 3 is 2.48 bits per heavy atom. The van der Waals surface area contributed by atoms with E-state index in [0.717, 1.165) is 37.3 Å². The summed E-state index contributed by atoms with van der Waals surface area (Å²) in [5.74, 6) is 0.127. The van der Waals surface area contributed by atoms with Crippen LogP contribution in [0.4, 0.5) is 11.4 Å². The summed E-state index contributed by atoms with van der Waals surface area (Å²) in [7, 11) is -3.14. The third-order valence-electron chi connectivity index (χ3n) is 4.53. The summed E-state index contributed by atoms with van der Waals surface area (Å²) in [6, 6.07) is 11.4. The van der Waals surface area contributed by atoms with E-state index in [1.54, 1.807) is 25.3 Å². The number of halogens is 1. The summed E-state index contributed by atoms with van der Waals surface area (Å²) < 4.78 is 23.8. The van der Waals surface area contributed by atoms with Crippen molar-refractivity contribution in [2.75, 3.05) is 29.1 Å². The lowest BCUT2D eigenvalue weighted by Crippen LogP contribution is -2.39. The quantitative estimate of drug-likeness (QED) is 0.804. The zero-order chi connectivity index (χ0) is 17.9. The lowest BCUT2D eigenvalue weighted by Gasteiger charge is -2.34. The molecule has 1 aliphatic heterocycles. The minimum atomic E-state index is -3.14. The Morgan fingerprint density at radius 2 is 1.88 bits per heavy atom. The van der Waals surface area contributed by atoms with E-state index in [1.165, 1.54) is 0 Å². The van der Waals surface area contributed by atoms with Gasteiger partial charge in [0.15, 0.2) is 9.84 Å². The van der Waals surface area contributed by atoms with Gasteiger partial charge in [0.05, 0.1) is 10.6 Å². The van der Waals surface area contributed by atoms with Gasteiger partial charge in [-0.05, 0) is 49.2 Å². The van der Waals surface area contributed by atoms with Gasteiger partial charge in [-0.1, -0.05) is 18.5 Å². The monoisotopic (exact) mass is 379 g/mol. The van der Waals surface area contributed by atoms with Gasteiger partial charge in [-0.15, -0.1) is 0 Å². The van der Waals surface area contributed by atoms with Crippen LogP contribution in [0.25, 0.3) is 0 Å². The molecule has 0 aliphatic carbocycles. The Labute approximate surface area is 153 Å². The van der Waals surface area contributed by atoms with Crippen molar-refractivity contribution < 1.29 is 8.42 Å². The molecule has 1 N–H and O–H groups in total. The molecule has 3 rings (SSSR count). The number of benzene rings is 1. The second-order valence-electron chi connectivity index (χ2n) is 6.17. The van der Waals surface area contributed by atoms with Crippen molar-refractivity contribution >= 4 is 32.8 Å². The highest BCUT2D eigenvalue weighted by Gasteiger charge is 2.20. The lowest BCUT2D eigenvalue weighted by atomic mass is 10.0. The highest BCUT2D eigenvalue weighted by atomic mass is 35.5. The van der Waals surface area contributed by atoms with Gasteiger partial charge in [-0.3, -0.25) is 0 Å². The number of hydrogen-bond donors (Lipinski definition) is 1. The molecular weight excluding hydrogens is 358 g/mol. The van der Waals surface area contributed by atoms with Crippen LogP contribution >= 0.6 is 11.6 Å². The van der Waals surface area contributed by atoms with Gasteiger partial charge in [0.2, 0.25) is 0 Å². The molecule has 0 saturated carbocycles. The minimum Gasteiger partial charge on any atom is -0.382 e. The molecule has 0 amide bonds. The van der Waals surface area contributed by atoms with E-state index in [1.807, 2.05) is 24.3 Å². The molecule has 1 aromatic heterocycles. The summed E-state index contributed by atoms with van der Waals surface area (Å²) >= 11 is 5.92. The van der Waals surface area contributed by atoms with Gasteiger partial charge >= 0.3 is 0 Å². The summed E-state index contributed by atoms with van der Waals surface area (Å²) in [4.78, 5) is 6.67. The number of nitrogens with one attached hydrogen (secondary N) is 1. The Balaban J connectivity index is 1.59. The molecule has 5 nitrogen and oxygen atoms in total. The molecule has 1 aromatic carbocycles. The topological polar surface area (TPSA) is 62.3 Å². The van der Waals surface area contributed by atoms with Crippen LogP contribution in [0.1, 0.15) is 19.8 Å². The van der Waals surface area contributed by atoms with Crippen molar-refractivity contribution in [1.82, 2.24) is 4.98 Å². The van der Waals surface area contributed by atoms with Crippen molar-refractivity contribution in [2.24, 2.45) is 0 Å². The number of sulfone groups is 1. The lowest BCUT2D eigenvalue weighted by molar-refractivity contribution is 0.526. The number of anilines is 2. The van der Waals surface area contributed by atoms with Crippen LogP contribution in [-0.2, 0) is 9.84 Å². The molecule has 2 aromatic rings. The van der Waals surface area contributed by atoms with Crippen LogP contribution in [0, 0.1) is 0 Å². The van der Waals surface area contributed by atoms with Crippen LogP contribution in [0.2, 0.25) is 5.15 Å². The maximum atomic E-state index is 11.9. The number of nitrogens with zero attached hydrogens (tertiary/aromatic N) is 2. The van der Waals surface area contributed by atoms with E-state index < -0.39 is 9.84 Å². The zero-order valence-corrected chi connectivity index (χ0v) is 15.7. The van der Waals surface area contributed by atoms with E-state index in [4.69, 9.17) is 11.6 Å². The smallest absolute Gasteiger partial charge is 0.178 e. The summed E-state index contributed by atoms with van der Waals surface area (Å²) in [5.41, 5.74) is 2.06. The van der Waals surface area contributed by atoms with Gasteiger partial charge < -0.3 is 10.2 Å². The predicted molar refractivity (Wildman–Crippen MR) is 102 cm³/mol. The highest BCUT2D eigenvalue weighted by Crippen LogP contribution is 2.24. The normalized spacial score (nSPS) is 16.0. The van der Waals surface area contributed by atoms with Crippen LogP contribution in [0.15, 0.2) is 47.5 Å². The largest absolute Gasteiger partial charge is 0.382 e. The standard InChI is InChI=1S/C18H22ClN3O2S/c1-2-25(23,24)17-5-3-16(4-6-17)22-11-8-14(9-12-22)21-15-7-10-20-18(19)13-15/h3-7,10,13-14H,2,8-9,11-12H2,1H3,(H,20,21). The van der Waals surface area contributed by atoms with Crippen molar-refractivity contribution in [1.29, 1.82) is 0 Å². The minimum absolute atomic E-state index is 0.127. The molecule has 7 heteroatoms. The molecule has 25 heavy (non-hydrogen) atoms. The fraction of sp³-hybridized carbons (Fsp3) is 0.389. The fourth-order valence-electron chi connectivity index (χ4n) is 3.04. The number of pyridine rings is 1. The van der Waals surface area contributed by atoms with Crippen LogP contribution in [-0.4, -0.2) is 38.3 Å². The third kappa shape index (κ3) is 4.44. The van der Waals surface area contributed by atoms with Crippen LogP contribution in [0.3, 0.4) is 0 Å². The third-order valence-corrected chi connectivity index (χ3v) is 6.49. The second-order valence-corrected chi connectivity index (χ2v) is 8.84. The van der Waals surface area contributed by atoms with Gasteiger partial charge in [0.1, 0.15) is 5.15 Å². The Bertz CT molecular complexity index is 816. The molecule has 1 fully saturated rings. The Morgan fingerprint density at radius 1 is 1.20 bits per heavy atom. The van der Waals surface area contributed by atoms with Crippen molar-refractivity contribution in [3.63, 3.8) is 0 Å². The van der Waals surface area contributed by atoms with Crippen molar-refractivity contribution in [3.05, 3.63) is 47.7 Å². The average molecular weight is 380 g/mol. The zero-order valence-electron chi connectivity index (χ0n) is 14.2. The first kappa shape index (κ1) is 18.0. The van der Waals surface area contributed by atoms with E-state index in [0.29, 0.717) is 16.1 Å². The Hall–Kier alpha value is -1.79. The molecule has 2 heterocycles.